The number of morpholine rings is 1. The van der Waals surface area contributed by atoms with Crippen molar-refractivity contribution < 1.29 is 9.53 Å². The molecule has 2 aromatic rings. The maximum Gasteiger partial charge on any atom is 0.250 e. The first kappa shape index (κ1) is 15.6. The third-order valence-corrected chi connectivity index (χ3v) is 3.79. The van der Waals surface area contributed by atoms with Crippen LogP contribution in [0.4, 0.5) is 0 Å². The van der Waals surface area contributed by atoms with Crippen LogP contribution in [0.15, 0.2) is 30.3 Å². The van der Waals surface area contributed by atoms with E-state index in [9.17, 15) is 4.79 Å². The van der Waals surface area contributed by atoms with Crippen LogP contribution in [0.2, 0.25) is 0 Å². The van der Waals surface area contributed by atoms with E-state index in [0.29, 0.717) is 31.9 Å². The van der Waals surface area contributed by atoms with Gasteiger partial charge in [0.1, 0.15) is 11.9 Å². The van der Waals surface area contributed by atoms with E-state index < -0.39 is 0 Å². The smallest absolute Gasteiger partial charge is 0.250 e. The predicted molar refractivity (Wildman–Crippen MR) is 85.8 cm³/mol. The van der Waals surface area contributed by atoms with E-state index in [1.807, 2.05) is 37.4 Å². The molecule has 1 aromatic carbocycles. The highest BCUT2D eigenvalue weighted by molar-refractivity contribution is 5.81. The summed E-state index contributed by atoms with van der Waals surface area (Å²) < 4.78 is 5.49. The molecular weight excluding hydrogens is 294 g/mol. The van der Waals surface area contributed by atoms with E-state index in [1.165, 1.54) is 0 Å². The van der Waals surface area contributed by atoms with Gasteiger partial charge in [0.15, 0.2) is 5.82 Å². The summed E-state index contributed by atoms with van der Waals surface area (Å²) in [6.07, 6.45) is 0.220. The summed E-state index contributed by atoms with van der Waals surface area (Å²) in [6, 6.07) is 9.79. The van der Waals surface area contributed by atoms with Crippen molar-refractivity contribution in [3.63, 3.8) is 0 Å². The number of H-pyrrole nitrogens is 1. The van der Waals surface area contributed by atoms with Crippen molar-refractivity contribution in [2.24, 2.45) is 0 Å². The number of likely N-dealkylation sites (N-methyl/N-ethyl adjacent to an activating group) is 1. The van der Waals surface area contributed by atoms with Crippen molar-refractivity contribution >= 4 is 5.91 Å². The molecule has 1 atom stereocenters. The molecule has 0 spiro atoms. The Morgan fingerprint density at radius 1 is 1.43 bits per heavy atom. The van der Waals surface area contributed by atoms with E-state index in [4.69, 9.17) is 4.74 Å². The number of amides is 1. The van der Waals surface area contributed by atoms with Gasteiger partial charge in [-0.1, -0.05) is 30.3 Å². The first-order valence-electron chi connectivity index (χ1n) is 7.77. The van der Waals surface area contributed by atoms with Gasteiger partial charge in [-0.05, 0) is 7.05 Å². The molecule has 23 heavy (non-hydrogen) atoms. The number of aromatic amines is 1. The summed E-state index contributed by atoms with van der Waals surface area (Å²) in [7, 11) is 1.99. The molecule has 1 amide bonds. The van der Waals surface area contributed by atoms with Gasteiger partial charge in [-0.15, -0.1) is 0 Å². The van der Waals surface area contributed by atoms with E-state index in [-0.39, 0.29) is 12.0 Å². The van der Waals surface area contributed by atoms with Crippen LogP contribution >= 0.6 is 0 Å². The molecule has 1 aromatic heterocycles. The zero-order chi connectivity index (χ0) is 16.1. The van der Waals surface area contributed by atoms with Gasteiger partial charge in [0, 0.05) is 31.6 Å². The van der Waals surface area contributed by atoms with Crippen molar-refractivity contribution in [2.75, 3.05) is 33.3 Å². The second kappa shape index (κ2) is 7.34. The largest absolute Gasteiger partial charge is 0.366 e. The Kier molecular flexibility index (Phi) is 4.99. The van der Waals surface area contributed by atoms with Crippen molar-refractivity contribution in [2.45, 2.75) is 12.5 Å². The Labute approximate surface area is 135 Å². The fraction of sp³-hybridized carbons (Fsp3) is 0.438. The molecule has 2 heterocycles. The number of carbonyl (C=O) groups is 1. The van der Waals surface area contributed by atoms with Crippen molar-refractivity contribution in [3.05, 3.63) is 36.2 Å². The Bertz CT molecular complexity index is 643. The van der Waals surface area contributed by atoms with E-state index >= 15 is 0 Å². The number of hydrogen-bond donors (Lipinski definition) is 2. The highest BCUT2D eigenvalue weighted by Crippen LogP contribution is 2.13. The minimum atomic E-state index is -0.386. The Morgan fingerprint density at radius 3 is 3.04 bits per heavy atom. The number of ether oxygens (including phenoxy) is 1. The Balaban J connectivity index is 1.47. The molecule has 7 nitrogen and oxygen atoms in total. The number of benzene rings is 1. The molecule has 0 aliphatic carbocycles. The van der Waals surface area contributed by atoms with Gasteiger partial charge in [0.25, 0.3) is 0 Å². The number of hydrogen-bond acceptors (Lipinski definition) is 5. The van der Waals surface area contributed by atoms with Crippen LogP contribution in [0.3, 0.4) is 0 Å². The number of nitrogens with zero attached hydrogens (tertiary/aromatic N) is 3. The first-order valence-corrected chi connectivity index (χ1v) is 7.77. The topological polar surface area (TPSA) is 83.1 Å². The van der Waals surface area contributed by atoms with Crippen molar-refractivity contribution in [3.8, 4) is 11.4 Å². The summed E-state index contributed by atoms with van der Waals surface area (Å²) in [5.74, 6) is 1.36. The minimum Gasteiger partial charge on any atom is -0.366 e. The number of nitrogens with one attached hydrogen (secondary N) is 2. The quantitative estimate of drug-likeness (QED) is 0.837. The monoisotopic (exact) mass is 315 g/mol. The van der Waals surface area contributed by atoms with Crippen LogP contribution in [0.25, 0.3) is 11.4 Å². The lowest BCUT2D eigenvalue weighted by molar-refractivity contribution is -0.137. The molecule has 1 aliphatic heterocycles. The average Bonchev–Trinajstić information content (AvgIpc) is 3.04. The molecule has 0 saturated carbocycles. The van der Waals surface area contributed by atoms with Crippen LogP contribution in [0.5, 0.6) is 0 Å². The molecule has 1 aliphatic rings. The van der Waals surface area contributed by atoms with Gasteiger partial charge in [-0.2, -0.15) is 5.10 Å². The van der Waals surface area contributed by atoms with Gasteiger partial charge in [-0.3, -0.25) is 9.89 Å². The molecule has 2 N–H and O–H groups in total. The lowest BCUT2D eigenvalue weighted by Gasteiger charge is -2.29. The zero-order valence-electron chi connectivity index (χ0n) is 13.2. The molecule has 1 fully saturated rings. The van der Waals surface area contributed by atoms with E-state index in [1.54, 1.807) is 0 Å². The van der Waals surface area contributed by atoms with Gasteiger partial charge < -0.3 is 15.0 Å². The summed E-state index contributed by atoms with van der Waals surface area (Å²) in [5.41, 5.74) is 0.970. The van der Waals surface area contributed by atoms with Crippen molar-refractivity contribution in [1.29, 1.82) is 0 Å². The van der Waals surface area contributed by atoms with E-state index in [2.05, 4.69) is 25.4 Å². The number of rotatable bonds is 5. The summed E-state index contributed by atoms with van der Waals surface area (Å²) in [5, 5.41) is 10.0. The summed E-state index contributed by atoms with van der Waals surface area (Å²) in [4.78, 5) is 18.6. The van der Waals surface area contributed by atoms with Gasteiger partial charge in [0.2, 0.25) is 5.91 Å². The standard InChI is InChI=1S/C16H21N5O2/c1-21-9-10-23-13(11-21)16(22)17-8-7-14-18-15(20-19-14)12-5-3-2-4-6-12/h2-6,13H,7-11H2,1H3,(H,17,22)(H,18,19,20)/t13-/m0/s1. The van der Waals surface area contributed by atoms with Crippen LogP contribution in [-0.2, 0) is 16.0 Å². The molecule has 1 saturated heterocycles. The van der Waals surface area contributed by atoms with Gasteiger partial charge in [0.05, 0.1) is 6.61 Å². The molecule has 0 unspecified atom stereocenters. The second-order valence-corrected chi connectivity index (χ2v) is 5.63. The second-order valence-electron chi connectivity index (χ2n) is 5.63. The van der Waals surface area contributed by atoms with Gasteiger partial charge >= 0.3 is 0 Å². The molecular formula is C16H21N5O2. The maximum atomic E-state index is 12.1. The minimum absolute atomic E-state index is 0.0700. The van der Waals surface area contributed by atoms with E-state index in [0.717, 1.165) is 17.9 Å². The number of carbonyl (C=O) groups excluding carboxylic acids is 1. The van der Waals surface area contributed by atoms with Gasteiger partial charge in [-0.25, -0.2) is 4.98 Å². The summed E-state index contributed by atoms with van der Waals surface area (Å²) >= 11 is 0. The Morgan fingerprint density at radius 2 is 2.26 bits per heavy atom. The first-order chi connectivity index (χ1) is 11.2. The SMILES string of the molecule is CN1CCO[C@H](C(=O)NCCc2nc(-c3ccccc3)n[nH]2)C1. The highest BCUT2D eigenvalue weighted by Gasteiger charge is 2.24. The third kappa shape index (κ3) is 4.14. The number of aromatic nitrogens is 3. The van der Waals surface area contributed by atoms with Crippen LogP contribution in [0.1, 0.15) is 5.82 Å². The van der Waals surface area contributed by atoms with Crippen LogP contribution < -0.4 is 5.32 Å². The molecule has 7 heteroatoms. The fourth-order valence-corrected chi connectivity index (χ4v) is 2.48. The molecule has 0 radical (unpaired) electrons. The third-order valence-electron chi connectivity index (χ3n) is 3.79. The maximum absolute atomic E-state index is 12.1. The molecule has 0 bridgehead atoms. The van der Waals surface area contributed by atoms with Crippen molar-refractivity contribution in [1.82, 2.24) is 25.4 Å². The molecule has 122 valence electrons. The normalized spacial score (nSPS) is 18.7. The van der Waals surface area contributed by atoms with Crippen LogP contribution in [-0.4, -0.2) is 65.4 Å². The van der Waals surface area contributed by atoms with Crippen LogP contribution in [0, 0.1) is 0 Å². The highest BCUT2D eigenvalue weighted by atomic mass is 16.5. The zero-order valence-corrected chi connectivity index (χ0v) is 13.2. The average molecular weight is 315 g/mol. The summed E-state index contributed by atoms with van der Waals surface area (Å²) in [6.45, 7) is 2.60. The lowest BCUT2D eigenvalue weighted by Crippen LogP contribution is -2.48. The lowest BCUT2D eigenvalue weighted by atomic mass is 10.2. The predicted octanol–water partition coefficient (Wildman–Crippen LogP) is 0.461. The Hall–Kier alpha value is -2.25. The fourth-order valence-electron chi connectivity index (χ4n) is 2.48. The molecule has 3 rings (SSSR count).